The second kappa shape index (κ2) is 13.8. The number of nitrogens with zero attached hydrogens (tertiary/aromatic N) is 4. The van der Waals surface area contributed by atoms with E-state index in [0.717, 1.165) is 55.8 Å². The fraction of sp³-hybridized carbons (Fsp3) is 0. The SMILES string of the molecule is c1ccc2c(-c3ccc(N(c4ccc(-c5cnc6c7ccccc7c7ccccc7c6n5)cc4)c4ccc(-n5c6ccccc6c6ccccc65)cc4)cc3)cccc2c1. The maximum Gasteiger partial charge on any atom is 0.0979 e. The van der Waals surface area contributed by atoms with E-state index < -0.39 is 0 Å². The first-order valence-electron chi connectivity index (χ1n) is 20.4. The Balaban J connectivity index is 0.964. The van der Waals surface area contributed by atoms with Gasteiger partial charge in [-0.15, -0.1) is 0 Å². The highest BCUT2D eigenvalue weighted by Crippen LogP contribution is 2.40. The van der Waals surface area contributed by atoms with Gasteiger partial charge in [-0.3, -0.25) is 4.98 Å². The Hall–Kier alpha value is -8.08. The average Bonchev–Trinajstić information content (AvgIpc) is 3.66. The van der Waals surface area contributed by atoms with Crippen molar-refractivity contribution in [3.8, 4) is 28.1 Å². The quantitative estimate of drug-likeness (QED) is 0.158. The van der Waals surface area contributed by atoms with Gasteiger partial charge in [0.2, 0.25) is 0 Å². The van der Waals surface area contributed by atoms with Gasteiger partial charge >= 0.3 is 0 Å². The smallest absolute Gasteiger partial charge is 0.0979 e. The molecule has 2 heterocycles. The molecule has 0 aliphatic heterocycles. The molecular formula is C56H36N4. The molecule has 0 aliphatic rings. The highest BCUT2D eigenvalue weighted by molar-refractivity contribution is 6.23. The van der Waals surface area contributed by atoms with E-state index in [4.69, 9.17) is 9.97 Å². The van der Waals surface area contributed by atoms with Gasteiger partial charge in [0.25, 0.3) is 0 Å². The molecule has 0 saturated heterocycles. The lowest BCUT2D eigenvalue weighted by Crippen LogP contribution is -2.10. The molecule has 0 aliphatic carbocycles. The standard InChI is InChI=1S/C56H36N4/c1-2-14-44-37(12-1)13-11-21-45(44)38-24-28-40(29-25-38)59(42-32-34-43(35-33-42)60-53-22-9-7-17-48(53)49-18-8-10-23-54(49)60)41-30-26-39(27-31-41)52-36-57-55-50-19-5-3-15-46(50)47-16-4-6-20-51(47)56(55)58-52/h1-36H. The van der Waals surface area contributed by atoms with Gasteiger partial charge in [0, 0.05) is 49.9 Å². The van der Waals surface area contributed by atoms with Crippen molar-refractivity contribution in [1.29, 1.82) is 0 Å². The monoisotopic (exact) mass is 764 g/mol. The molecule has 0 amide bonds. The summed E-state index contributed by atoms with van der Waals surface area (Å²) in [5, 5.41) is 9.60. The van der Waals surface area contributed by atoms with Crippen LogP contribution < -0.4 is 4.90 Å². The maximum absolute atomic E-state index is 5.27. The van der Waals surface area contributed by atoms with Crippen molar-refractivity contribution in [2.24, 2.45) is 0 Å². The van der Waals surface area contributed by atoms with E-state index in [-0.39, 0.29) is 0 Å². The minimum absolute atomic E-state index is 0.844. The summed E-state index contributed by atoms with van der Waals surface area (Å²) in [6.45, 7) is 0. The van der Waals surface area contributed by atoms with Gasteiger partial charge in [0.15, 0.2) is 0 Å². The second-order valence-corrected chi connectivity index (χ2v) is 15.4. The topological polar surface area (TPSA) is 34.0 Å². The fourth-order valence-electron chi connectivity index (χ4n) is 9.21. The van der Waals surface area contributed by atoms with Crippen molar-refractivity contribution in [3.63, 3.8) is 0 Å². The third-order valence-electron chi connectivity index (χ3n) is 12.0. The van der Waals surface area contributed by atoms with E-state index in [1.165, 1.54) is 54.5 Å². The summed E-state index contributed by atoms with van der Waals surface area (Å²) in [5.41, 5.74) is 12.8. The molecule has 280 valence electrons. The predicted octanol–water partition coefficient (Wildman–Crippen LogP) is 15.0. The van der Waals surface area contributed by atoms with Gasteiger partial charge in [0.1, 0.15) is 0 Å². The molecule has 0 bridgehead atoms. The van der Waals surface area contributed by atoms with Crippen molar-refractivity contribution in [1.82, 2.24) is 14.5 Å². The van der Waals surface area contributed by atoms with E-state index in [9.17, 15) is 0 Å². The molecule has 60 heavy (non-hydrogen) atoms. The van der Waals surface area contributed by atoms with Crippen LogP contribution in [0.2, 0.25) is 0 Å². The first-order valence-corrected chi connectivity index (χ1v) is 20.4. The molecule has 0 radical (unpaired) electrons. The van der Waals surface area contributed by atoms with Crippen LogP contribution in [0.4, 0.5) is 17.1 Å². The molecule has 0 spiro atoms. The molecular weight excluding hydrogens is 729 g/mol. The number of hydrogen-bond acceptors (Lipinski definition) is 3. The van der Waals surface area contributed by atoms with E-state index in [1.54, 1.807) is 0 Å². The Kier molecular flexibility index (Phi) is 7.82. The number of anilines is 3. The summed E-state index contributed by atoms with van der Waals surface area (Å²) in [7, 11) is 0. The molecule has 0 saturated carbocycles. The van der Waals surface area contributed by atoms with E-state index in [0.29, 0.717) is 0 Å². The van der Waals surface area contributed by atoms with Crippen LogP contribution in [0.1, 0.15) is 0 Å². The van der Waals surface area contributed by atoms with Crippen molar-refractivity contribution >= 4 is 82.2 Å². The van der Waals surface area contributed by atoms with Crippen LogP contribution in [-0.2, 0) is 0 Å². The lowest BCUT2D eigenvalue weighted by atomic mass is 9.98. The lowest BCUT2D eigenvalue weighted by molar-refractivity contribution is 1.17. The van der Waals surface area contributed by atoms with Crippen molar-refractivity contribution in [2.75, 3.05) is 4.90 Å². The number of para-hydroxylation sites is 2. The Bertz CT molecular complexity index is 3490. The fourth-order valence-corrected chi connectivity index (χ4v) is 9.21. The minimum Gasteiger partial charge on any atom is -0.311 e. The molecule has 0 fully saturated rings. The molecule has 0 N–H and O–H groups in total. The van der Waals surface area contributed by atoms with Crippen molar-refractivity contribution in [3.05, 3.63) is 219 Å². The first-order chi connectivity index (χ1) is 29.8. The predicted molar refractivity (Wildman–Crippen MR) is 252 cm³/mol. The van der Waals surface area contributed by atoms with Crippen LogP contribution in [0.3, 0.4) is 0 Å². The normalized spacial score (nSPS) is 11.7. The number of fused-ring (bicyclic) bond motifs is 10. The first kappa shape index (κ1) is 34.0. The van der Waals surface area contributed by atoms with E-state index >= 15 is 0 Å². The minimum atomic E-state index is 0.844. The highest BCUT2D eigenvalue weighted by atomic mass is 15.1. The molecule has 0 unspecified atom stereocenters. The van der Waals surface area contributed by atoms with Crippen LogP contribution >= 0.6 is 0 Å². The Labute approximate surface area is 346 Å². The molecule has 12 rings (SSSR count). The zero-order valence-electron chi connectivity index (χ0n) is 32.6. The highest BCUT2D eigenvalue weighted by Gasteiger charge is 2.17. The van der Waals surface area contributed by atoms with Crippen LogP contribution in [0.5, 0.6) is 0 Å². The lowest BCUT2D eigenvalue weighted by Gasteiger charge is -2.26. The van der Waals surface area contributed by atoms with E-state index in [2.05, 4.69) is 222 Å². The maximum atomic E-state index is 5.27. The average molecular weight is 765 g/mol. The second-order valence-electron chi connectivity index (χ2n) is 15.4. The molecule has 12 aromatic rings. The Morgan fingerprint density at radius 2 is 0.817 bits per heavy atom. The summed E-state index contributed by atoms with van der Waals surface area (Å²) < 4.78 is 2.36. The van der Waals surface area contributed by atoms with Gasteiger partial charge in [-0.25, -0.2) is 4.98 Å². The van der Waals surface area contributed by atoms with Crippen LogP contribution in [0.15, 0.2) is 219 Å². The molecule has 2 aromatic heterocycles. The molecule has 10 aromatic carbocycles. The molecule has 4 nitrogen and oxygen atoms in total. The van der Waals surface area contributed by atoms with Crippen molar-refractivity contribution < 1.29 is 0 Å². The third-order valence-corrected chi connectivity index (χ3v) is 12.0. The summed E-state index contributed by atoms with van der Waals surface area (Å²) in [4.78, 5) is 12.6. The van der Waals surface area contributed by atoms with Gasteiger partial charge in [-0.1, -0.05) is 152 Å². The van der Waals surface area contributed by atoms with E-state index in [1.807, 2.05) is 6.20 Å². The summed E-state index contributed by atoms with van der Waals surface area (Å²) in [5.74, 6) is 0. The summed E-state index contributed by atoms with van der Waals surface area (Å²) in [6.07, 6.45) is 1.91. The zero-order chi connectivity index (χ0) is 39.6. The Morgan fingerprint density at radius 3 is 1.43 bits per heavy atom. The number of hydrogen-bond donors (Lipinski definition) is 0. The number of benzene rings is 10. The van der Waals surface area contributed by atoms with Crippen LogP contribution in [0.25, 0.3) is 93.2 Å². The van der Waals surface area contributed by atoms with Crippen molar-refractivity contribution in [2.45, 2.75) is 0 Å². The molecule has 4 heteroatoms. The van der Waals surface area contributed by atoms with Gasteiger partial charge in [0.05, 0.1) is 34.0 Å². The number of aromatic nitrogens is 3. The van der Waals surface area contributed by atoms with Gasteiger partial charge in [-0.2, -0.15) is 0 Å². The van der Waals surface area contributed by atoms with Gasteiger partial charge in [-0.05, 0) is 93.3 Å². The molecule has 0 atom stereocenters. The zero-order valence-corrected chi connectivity index (χ0v) is 32.6. The largest absolute Gasteiger partial charge is 0.311 e. The van der Waals surface area contributed by atoms with Crippen LogP contribution in [0, 0.1) is 0 Å². The Morgan fingerprint density at radius 1 is 0.350 bits per heavy atom. The third kappa shape index (κ3) is 5.46. The summed E-state index contributed by atoms with van der Waals surface area (Å²) >= 11 is 0. The summed E-state index contributed by atoms with van der Waals surface area (Å²) in [6, 6.07) is 76.0. The van der Waals surface area contributed by atoms with Crippen LogP contribution in [-0.4, -0.2) is 14.5 Å². The number of rotatable bonds is 6. The van der Waals surface area contributed by atoms with Gasteiger partial charge < -0.3 is 9.47 Å².